The van der Waals surface area contributed by atoms with Crippen LogP contribution in [0.2, 0.25) is 26.2 Å². The number of fused-ring (bicyclic) bond motifs is 7. The largest absolute Gasteiger partial charge is 0.457 e. The van der Waals surface area contributed by atoms with E-state index in [-0.39, 0.29) is 0 Å². The molecule has 8 nitrogen and oxygen atoms in total. The van der Waals surface area contributed by atoms with Gasteiger partial charge in [0.15, 0.2) is 8.07 Å². The van der Waals surface area contributed by atoms with E-state index < -0.39 is 28.9 Å². The Hall–Kier alpha value is -12.3. The van der Waals surface area contributed by atoms with Crippen molar-refractivity contribution in [2.24, 2.45) is 0 Å². The summed E-state index contributed by atoms with van der Waals surface area (Å²) < 4.78 is 11.9. The lowest BCUT2D eigenvalue weighted by Gasteiger charge is -2.56. The average Bonchev–Trinajstić information content (AvgIpc) is 1.28. The quantitative estimate of drug-likeness (QED) is 0.0751. The minimum absolute atomic E-state index is 0.786. The van der Waals surface area contributed by atoms with Gasteiger partial charge in [-0.3, -0.25) is 8.97 Å². The van der Waals surface area contributed by atoms with Gasteiger partial charge >= 0.3 is 0 Å². The molecule has 103 heavy (non-hydrogen) atoms. The summed E-state index contributed by atoms with van der Waals surface area (Å²) in [5.41, 5.74) is 20.5. The van der Waals surface area contributed by atoms with Gasteiger partial charge in [0.25, 0.3) is 0 Å². The van der Waals surface area contributed by atoms with Crippen LogP contribution in [0.5, 0.6) is 11.5 Å². The second-order valence-corrected chi connectivity index (χ2v) is 41.0. The van der Waals surface area contributed by atoms with E-state index in [0.29, 0.717) is 0 Å². The highest BCUT2D eigenvalue weighted by atomic mass is 28.4. The van der Waals surface area contributed by atoms with Gasteiger partial charge in [0.05, 0.1) is 44.8 Å². The number of ether oxygens (including phenoxy) is 1. The molecule has 18 rings (SSSR count). The molecule has 0 atom stereocenters. The van der Waals surface area contributed by atoms with Gasteiger partial charge in [-0.2, -0.15) is 0 Å². The summed E-state index contributed by atoms with van der Waals surface area (Å²) in [4.78, 5) is 30.3. The van der Waals surface area contributed by atoms with Crippen molar-refractivity contribution in [3.63, 3.8) is 0 Å². The Morgan fingerprint density at radius 2 is 0.680 bits per heavy atom. The number of hydrogen-bond acceptors (Lipinski definition) is 6. The molecule has 11 heteroatoms. The van der Waals surface area contributed by atoms with Gasteiger partial charge in [0.1, 0.15) is 38.5 Å². The van der Waals surface area contributed by atoms with Crippen LogP contribution in [0.15, 0.2) is 358 Å². The van der Waals surface area contributed by atoms with Crippen LogP contribution in [-0.4, -0.2) is 58.1 Å². The SMILES string of the molecule is C[Si](C)(c1nc(-c2ccccc2)c(-c2ccccc2)c(-c2ccccc2)n1)C1([Si](C)(C)c2nc(-c3ccccc3)c(-c3ccccc3)c(-c3ccccc3)n2)c2ccccc2Oc2c1cccc2[Si](c1ccccc1)(c1ccccc1)c1cccc(-n2c3ccccc3n3c4ccccc4nc23)c1. The molecule has 0 aliphatic carbocycles. The molecule has 0 N–H and O–H groups in total. The van der Waals surface area contributed by atoms with E-state index in [2.05, 4.69) is 393 Å². The van der Waals surface area contributed by atoms with Crippen molar-refractivity contribution in [2.75, 3.05) is 0 Å². The summed E-state index contributed by atoms with van der Waals surface area (Å²) in [7, 11) is -10.9. The first-order valence-corrected chi connectivity index (χ1v) is 43.3. The lowest BCUT2D eigenvalue weighted by molar-refractivity contribution is 0.452. The lowest BCUT2D eigenvalue weighted by atomic mass is 9.94. The standard InChI is InChI=1S/C92H71N7OSi3/c1-101(2,89-94-84(66-41-17-7-18-42-66)82(64-37-13-5-14-38-64)85(95-89)67-43-19-8-20-44-67)92(102(3,4)90-96-86(68-45-21-9-22-46-68)83(65-39-15-6-16-40-65)87(97-90)69-47-23-10-24-48-69)74-55-29-34-61-80(74)100-88-75(92)56-36-62-81(88)103(71-50-25-11-26-51-71,72-52-27-12-28-53-72)73-54-35-49-70(63-73)98-78-59-32-33-60-79(78)99-77-58-31-30-57-76(77)93-91(98)99/h5-63H,1-4H3. The maximum Gasteiger partial charge on any atom is 0.220 e. The van der Waals surface area contributed by atoms with E-state index in [4.69, 9.17) is 29.7 Å². The number of aromatic nitrogens is 7. The predicted octanol–water partition coefficient (Wildman–Crippen LogP) is 18.1. The molecule has 1 aliphatic heterocycles. The third-order valence-corrected chi connectivity index (χ3v) is 37.5. The second-order valence-electron chi connectivity index (χ2n) is 27.8. The molecular weight excluding hydrogens is 1300 g/mol. The zero-order valence-corrected chi connectivity index (χ0v) is 60.6. The van der Waals surface area contributed by atoms with Crippen LogP contribution < -0.4 is 36.4 Å². The lowest BCUT2D eigenvalue weighted by Crippen LogP contribution is -2.78. The van der Waals surface area contributed by atoms with E-state index in [9.17, 15) is 0 Å². The van der Waals surface area contributed by atoms with Gasteiger partial charge in [-0.15, -0.1) is 0 Å². The smallest absolute Gasteiger partial charge is 0.220 e. The number of hydrogen-bond donors (Lipinski definition) is 0. The average molecular weight is 1370 g/mol. The highest BCUT2D eigenvalue weighted by Crippen LogP contribution is 2.57. The van der Waals surface area contributed by atoms with Crippen molar-refractivity contribution in [2.45, 2.75) is 30.8 Å². The minimum atomic E-state index is -3.65. The molecule has 0 unspecified atom stereocenters. The molecule has 0 amide bonds. The molecule has 4 aromatic heterocycles. The summed E-state index contributed by atoms with van der Waals surface area (Å²) in [5.74, 6) is 2.47. The Balaban J connectivity index is 0.994. The third kappa shape index (κ3) is 10.0. The Bertz CT molecular complexity index is 5680. The highest BCUT2D eigenvalue weighted by Gasteiger charge is 2.67. The zero-order chi connectivity index (χ0) is 69.3. The van der Waals surface area contributed by atoms with Crippen molar-refractivity contribution in [1.82, 2.24) is 33.9 Å². The Labute approximate surface area is 602 Å². The molecule has 0 saturated carbocycles. The fourth-order valence-corrected chi connectivity index (χ4v) is 34.7. The van der Waals surface area contributed by atoms with Crippen molar-refractivity contribution in [3.8, 4) is 84.5 Å². The molecular formula is C92H71N7OSi3. The van der Waals surface area contributed by atoms with E-state index >= 15 is 0 Å². The molecule has 5 heterocycles. The maximum absolute atomic E-state index is 8.15. The minimum Gasteiger partial charge on any atom is -0.457 e. The van der Waals surface area contributed by atoms with E-state index in [1.165, 1.54) is 15.6 Å². The molecule has 1 aliphatic rings. The Morgan fingerprint density at radius 3 is 1.16 bits per heavy atom. The van der Waals surface area contributed by atoms with Crippen molar-refractivity contribution in [3.05, 3.63) is 369 Å². The van der Waals surface area contributed by atoms with Gasteiger partial charge in [-0.25, -0.2) is 24.9 Å². The monoisotopic (exact) mass is 1370 g/mol. The first kappa shape index (κ1) is 63.0. The summed E-state index contributed by atoms with van der Waals surface area (Å²) in [5, 5.41) is 4.72. The highest BCUT2D eigenvalue weighted by molar-refractivity contribution is 7.20. The van der Waals surface area contributed by atoms with Crippen LogP contribution >= 0.6 is 0 Å². The van der Waals surface area contributed by atoms with Crippen LogP contribution in [0, 0.1) is 0 Å². The molecule has 0 spiro atoms. The van der Waals surface area contributed by atoms with Gasteiger partial charge in [-0.1, -0.05) is 342 Å². The molecule has 492 valence electrons. The van der Waals surface area contributed by atoms with Crippen LogP contribution in [-0.2, 0) is 4.66 Å². The van der Waals surface area contributed by atoms with E-state index in [0.717, 1.165) is 140 Å². The Kier molecular flexibility index (Phi) is 15.5. The zero-order valence-electron chi connectivity index (χ0n) is 57.6. The van der Waals surface area contributed by atoms with Gasteiger partial charge in [0, 0.05) is 54.9 Å². The number of rotatable bonds is 15. The van der Waals surface area contributed by atoms with Crippen LogP contribution in [0.1, 0.15) is 11.1 Å². The first-order chi connectivity index (χ1) is 50.6. The fourth-order valence-electron chi connectivity index (χ4n) is 17.1. The molecule has 17 aromatic rings. The predicted molar refractivity (Wildman–Crippen MR) is 431 cm³/mol. The van der Waals surface area contributed by atoms with Gasteiger partial charge in [0.2, 0.25) is 5.78 Å². The van der Waals surface area contributed by atoms with Crippen molar-refractivity contribution in [1.29, 1.82) is 0 Å². The van der Waals surface area contributed by atoms with Gasteiger partial charge in [-0.05, 0) is 74.3 Å². The Morgan fingerprint density at radius 1 is 0.311 bits per heavy atom. The van der Waals surface area contributed by atoms with Crippen molar-refractivity contribution < 1.29 is 4.74 Å². The molecule has 0 fully saturated rings. The van der Waals surface area contributed by atoms with E-state index in [1.807, 2.05) is 0 Å². The molecule has 0 radical (unpaired) electrons. The number of para-hydroxylation sites is 6. The molecule has 0 saturated heterocycles. The number of benzene rings is 13. The van der Waals surface area contributed by atoms with Crippen molar-refractivity contribution >= 4 is 83.7 Å². The summed E-state index contributed by atoms with van der Waals surface area (Å²) >= 11 is 0. The summed E-state index contributed by atoms with van der Waals surface area (Å²) in [6, 6.07) is 129. The van der Waals surface area contributed by atoms with Crippen LogP contribution in [0.3, 0.4) is 0 Å². The summed E-state index contributed by atoms with van der Waals surface area (Å²) in [6.45, 7) is 10.2. The fraction of sp³-hybridized carbons (Fsp3) is 0.0543. The third-order valence-electron chi connectivity index (χ3n) is 21.5. The van der Waals surface area contributed by atoms with E-state index in [1.54, 1.807) is 0 Å². The van der Waals surface area contributed by atoms with Crippen LogP contribution in [0.25, 0.3) is 101 Å². The number of imidazole rings is 2. The molecule has 0 bridgehead atoms. The van der Waals surface area contributed by atoms with Gasteiger partial charge < -0.3 is 4.74 Å². The van der Waals surface area contributed by atoms with Crippen LogP contribution in [0.4, 0.5) is 0 Å². The second kappa shape index (κ2) is 25.4. The molecule has 13 aromatic carbocycles. The summed E-state index contributed by atoms with van der Waals surface area (Å²) in [6.07, 6.45) is 0. The normalized spacial score (nSPS) is 12.8. The first-order valence-electron chi connectivity index (χ1n) is 35.3. The number of nitrogens with zero attached hydrogens (tertiary/aromatic N) is 7. The maximum atomic E-state index is 8.15. The topological polar surface area (TPSA) is 83.0 Å².